The summed E-state index contributed by atoms with van der Waals surface area (Å²) in [5.41, 5.74) is 1.75. The number of aromatic amines is 1. The van der Waals surface area contributed by atoms with Crippen molar-refractivity contribution in [1.29, 1.82) is 0 Å². The molecule has 1 aliphatic rings. The highest BCUT2D eigenvalue weighted by Crippen LogP contribution is 2.38. The molecule has 0 radical (unpaired) electrons. The predicted octanol–water partition coefficient (Wildman–Crippen LogP) is 3.03. The fraction of sp³-hybridized carbons (Fsp3) is 0.625. The number of nitrogens with zero attached hydrogens (tertiary/aromatic N) is 2. The molecule has 0 aliphatic heterocycles. The molecule has 2 aromatic heterocycles. The summed E-state index contributed by atoms with van der Waals surface area (Å²) in [5.74, 6) is 1.18. The number of hydrogen-bond acceptors (Lipinski definition) is 5. The van der Waals surface area contributed by atoms with Crippen LogP contribution >= 0.6 is 0 Å². The largest absolute Gasteiger partial charge is 0.420 e. The summed E-state index contributed by atoms with van der Waals surface area (Å²) in [6.45, 7) is 7.34. The lowest BCUT2D eigenvalue weighted by Gasteiger charge is -2.20. The van der Waals surface area contributed by atoms with Crippen molar-refractivity contribution in [1.82, 2.24) is 19.9 Å². The van der Waals surface area contributed by atoms with Crippen LogP contribution in [0.3, 0.4) is 0 Å². The van der Waals surface area contributed by atoms with E-state index in [2.05, 4.69) is 19.9 Å². The van der Waals surface area contributed by atoms with Gasteiger partial charge in [0.1, 0.15) is 4.90 Å². The number of hydrogen-bond donors (Lipinski definition) is 2. The van der Waals surface area contributed by atoms with Gasteiger partial charge in [-0.15, -0.1) is 10.2 Å². The molecule has 0 amide bonds. The van der Waals surface area contributed by atoms with Gasteiger partial charge in [-0.05, 0) is 40.0 Å². The van der Waals surface area contributed by atoms with E-state index in [1.165, 1.54) is 6.42 Å². The summed E-state index contributed by atoms with van der Waals surface area (Å²) in [4.78, 5) is 3.29. The second-order valence-electron chi connectivity index (χ2n) is 6.58. The van der Waals surface area contributed by atoms with E-state index in [0.29, 0.717) is 35.2 Å². The molecule has 8 heteroatoms. The van der Waals surface area contributed by atoms with E-state index in [-0.39, 0.29) is 16.8 Å². The van der Waals surface area contributed by atoms with Gasteiger partial charge in [0.2, 0.25) is 15.9 Å². The maximum Gasteiger partial charge on any atom is 0.250 e. The van der Waals surface area contributed by atoms with Gasteiger partial charge in [0.25, 0.3) is 5.89 Å². The smallest absolute Gasteiger partial charge is 0.250 e. The molecule has 7 nitrogen and oxygen atoms in total. The van der Waals surface area contributed by atoms with Crippen molar-refractivity contribution in [2.75, 3.05) is 0 Å². The highest BCUT2D eigenvalue weighted by atomic mass is 32.2. The number of H-pyrrole nitrogens is 1. The average Bonchev–Trinajstić information content (AvgIpc) is 3.00. The third-order valence-electron chi connectivity index (χ3n) is 4.66. The summed E-state index contributed by atoms with van der Waals surface area (Å²) in [7, 11) is -3.67. The topological polar surface area (TPSA) is 101 Å². The van der Waals surface area contributed by atoms with Gasteiger partial charge in [-0.25, -0.2) is 13.1 Å². The molecule has 2 aromatic rings. The van der Waals surface area contributed by atoms with E-state index < -0.39 is 10.0 Å². The standard InChI is InChI=1S/C16H24N4O3S/c1-5-9(2)20-24(21,22)14-11(4)17-10(3)13(14)16-19-18-15(23-16)12-7-6-8-12/h9,12,17,20H,5-8H2,1-4H3/t9-/m1/s1. The van der Waals surface area contributed by atoms with E-state index in [1.54, 1.807) is 6.92 Å². The van der Waals surface area contributed by atoms with Gasteiger partial charge in [0, 0.05) is 23.3 Å². The van der Waals surface area contributed by atoms with Crippen molar-refractivity contribution in [2.45, 2.75) is 70.2 Å². The quantitative estimate of drug-likeness (QED) is 0.832. The lowest BCUT2D eigenvalue weighted by Crippen LogP contribution is -2.32. The van der Waals surface area contributed by atoms with Crippen molar-refractivity contribution in [2.24, 2.45) is 0 Å². The Hall–Kier alpha value is -1.67. The zero-order valence-corrected chi connectivity index (χ0v) is 15.3. The molecule has 2 N–H and O–H groups in total. The number of nitrogens with one attached hydrogen (secondary N) is 2. The normalized spacial score (nSPS) is 17.0. The Balaban J connectivity index is 2.04. The van der Waals surface area contributed by atoms with Crippen LogP contribution in [0.2, 0.25) is 0 Å². The Morgan fingerprint density at radius 3 is 2.58 bits per heavy atom. The maximum atomic E-state index is 12.8. The highest BCUT2D eigenvalue weighted by molar-refractivity contribution is 7.89. The van der Waals surface area contributed by atoms with E-state index >= 15 is 0 Å². The minimum atomic E-state index is -3.67. The van der Waals surface area contributed by atoms with Gasteiger partial charge >= 0.3 is 0 Å². The zero-order valence-electron chi connectivity index (χ0n) is 14.5. The van der Waals surface area contributed by atoms with Crippen molar-refractivity contribution in [3.63, 3.8) is 0 Å². The van der Waals surface area contributed by atoms with E-state index in [1.807, 2.05) is 20.8 Å². The summed E-state index contributed by atoms with van der Waals surface area (Å²) >= 11 is 0. The van der Waals surface area contributed by atoms with E-state index in [4.69, 9.17) is 4.42 Å². The fourth-order valence-corrected chi connectivity index (χ4v) is 4.69. The lowest BCUT2D eigenvalue weighted by atomic mass is 9.85. The van der Waals surface area contributed by atoms with Gasteiger partial charge in [-0.3, -0.25) is 0 Å². The Morgan fingerprint density at radius 2 is 2.00 bits per heavy atom. The number of sulfonamides is 1. The second kappa shape index (κ2) is 6.33. The zero-order chi connectivity index (χ0) is 17.5. The first kappa shape index (κ1) is 17.2. The molecule has 2 heterocycles. The molecule has 132 valence electrons. The molecule has 0 saturated heterocycles. The van der Waals surface area contributed by atoms with Crippen molar-refractivity contribution in [3.8, 4) is 11.5 Å². The van der Waals surface area contributed by atoms with Crippen molar-refractivity contribution in [3.05, 3.63) is 17.3 Å². The summed E-state index contributed by atoms with van der Waals surface area (Å²) in [5, 5.41) is 8.23. The first-order chi connectivity index (χ1) is 11.3. The molecule has 3 rings (SSSR count). The van der Waals surface area contributed by atoms with Gasteiger partial charge in [0.05, 0.1) is 5.56 Å². The van der Waals surface area contributed by atoms with Crippen molar-refractivity contribution >= 4 is 10.0 Å². The summed E-state index contributed by atoms with van der Waals surface area (Å²) in [6.07, 6.45) is 3.98. The first-order valence-corrected chi connectivity index (χ1v) is 9.87. The summed E-state index contributed by atoms with van der Waals surface area (Å²) in [6, 6.07) is -0.148. The molecule has 0 aromatic carbocycles. The number of rotatable bonds is 6. The molecule has 1 saturated carbocycles. The summed E-state index contributed by atoms with van der Waals surface area (Å²) < 4.78 is 34.1. The van der Waals surface area contributed by atoms with Gasteiger partial charge in [-0.1, -0.05) is 13.3 Å². The Morgan fingerprint density at radius 1 is 1.29 bits per heavy atom. The number of aromatic nitrogens is 3. The fourth-order valence-electron chi connectivity index (χ4n) is 2.91. The van der Waals surface area contributed by atoms with E-state index in [0.717, 1.165) is 12.8 Å². The Kier molecular flexibility index (Phi) is 4.52. The Labute approximate surface area is 142 Å². The number of aryl methyl sites for hydroxylation is 2. The van der Waals surface area contributed by atoms with Gasteiger partial charge in [-0.2, -0.15) is 0 Å². The average molecular weight is 352 g/mol. The van der Waals surface area contributed by atoms with Crippen LogP contribution in [-0.2, 0) is 10.0 Å². The molecule has 24 heavy (non-hydrogen) atoms. The monoisotopic (exact) mass is 352 g/mol. The molecule has 1 atom stereocenters. The highest BCUT2D eigenvalue weighted by Gasteiger charge is 2.31. The van der Waals surface area contributed by atoms with Gasteiger partial charge in [0.15, 0.2) is 0 Å². The third-order valence-corrected chi connectivity index (χ3v) is 6.42. The third kappa shape index (κ3) is 3.00. The first-order valence-electron chi connectivity index (χ1n) is 8.38. The molecule has 1 fully saturated rings. The van der Waals surface area contributed by atoms with Gasteiger partial charge < -0.3 is 9.40 Å². The Bertz CT molecular complexity index is 834. The van der Waals surface area contributed by atoms with Crippen LogP contribution in [-0.4, -0.2) is 29.6 Å². The van der Waals surface area contributed by atoms with Crippen molar-refractivity contribution < 1.29 is 12.8 Å². The molecule has 0 spiro atoms. The molecular weight excluding hydrogens is 328 g/mol. The minimum absolute atomic E-state index is 0.148. The van der Waals surface area contributed by atoms with Crippen LogP contribution in [0, 0.1) is 13.8 Å². The molecule has 0 bridgehead atoms. The van der Waals surface area contributed by atoms with Crippen LogP contribution < -0.4 is 4.72 Å². The van der Waals surface area contributed by atoms with Crippen LogP contribution in [0.15, 0.2) is 9.31 Å². The molecule has 0 unspecified atom stereocenters. The van der Waals surface area contributed by atoms with Crippen LogP contribution in [0.25, 0.3) is 11.5 Å². The lowest BCUT2D eigenvalue weighted by molar-refractivity contribution is 0.338. The molecule has 1 aliphatic carbocycles. The van der Waals surface area contributed by atoms with Crippen LogP contribution in [0.5, 0.6) is 0 Å². The van der Waals surface area contributed by atoms with Crippen LogP contribution in [0.1, 0.15) is 62.7 Å². The van der Waals surface area contributed by atoms with E-state index in [9.17, 15) is 8.42 Å². The van der Waals surface area contributed by atoms with Crippen LogP contribution in [0.4, 0.5) is 0 Å². The SMILES string of the molecule is CC[C@@H](C)NS(=O)(=O)c1c(C)[nH]c(C)c1-c1nnc(C2CCC2)o1. The molecular formula is C16H24N4O3S. The predicted molar refractivity (Wildman–Crippen MR) is 90.2 cm³/mol. The second-order valence-corrected chi connectivity index (χ2v) is 8.23. The minimum Gasteiger partial charge on any atom is -0.420 e. The maximum absolute atomic E-state index is 12.8.